The van der Waals surface area contributed by atoms with Crippen molar-refractivity contribution in [3.63, 3.8) is 0 Å². The molecule has 0 radical (unpaired) electrons. The van der Waals surface area contributed by atoms with Crippen molar-refractivity contribution in [3.8, 4) is 0 Å². The number of likely N-dealkylation sites (N-methyl/N-ethyl adjacent to an activating group) is 1. The summed E-state index contributed by atoms with van der Waals surface area (Å²) in [6.45, 7) is 1.67. The van der Waals surface area contributed by atoms with Gasteiger partial charge in [-0.2, -0.15) is 0 Å². The molecule has 1 aliphatic rings. The minimum Gasteiger partial charge on any atom is -0.342 e. The van der Waals surface area contributed by atoms with Gasteiger partial charge in [0, 0.05) is 29.6 Å². The van der Waals surface area contributed by atoms with Crippen LogP contribution in [-0.2, 0) is 4.79 Å². The molecule has 0 saturated carbocycles. The minimum atomic E-state index is 0.00908. The maximum absolute atomic E-state index is 12.4. The Hall–Kier alpha value is -1.39. The van der Waals surface area contributed by atoms with E-state index in [1.165, 1.54) is 0 Å². The van der Waals surface area contributed by atoms with Gasteiger partial charge in [0.1, 0.15) is 0 Å². The molecule has 1 heterocycles. The van der Waals surface area contributed by atoms with Crippen molar-refractivity contribution in [3.05, 3.63) is 34.9 Å². The number of halogens is 1. The lowest BCUT2D eigenvalue weighted by atomic mass is 9.89. The maximum Gasteiger partial charge on any atom is 0.236 e. The Labute approximate surface area is 124 Å². The number of nitrogens with zero attached hydrogens (tertiary/aromatic N) is 1. The molecule has 2 rings (SSSR count). The molecule has 4 nitrogen and oxygen atoms in total. The van der Waals surface area contributed by atoms with Crippen LogP contribution < -0.4 is 5.32 Å². The third-order valence-corrected chi connectivity index (χ3v) is 3.93. The summed E-state index contributed by atoms with van der Waals surface area (Å²) >= 11 is 5.82. The zero-order valence-electron chi connectivity index (χ0n) is 11.6. The number of likely N-dealkylation sites (tertiary alicyclic amines) is 1. The van der Waals surface area contributed by atoms with E-state index in [4.69, 9.17) is 11.6 Å². The standard InChI is InChI=1S/C15H19ClN2O2/c1-17-10-14(19)18-8-6-12(7-9-18)15(20)11-2-4-13(16)5-3-11/h2-5,12,17H,6-10H2,1H3. The lowest BCUT2D eigenvalue weighted by molar-refractivity contribution is -0.131. The Bertz CT molecular complexity index is 479. The molecule has 0 spiro atoms. The van der Waals surface area contributed by atoms with Crippen molar-refractivity contribution in [1.82, 2.24) is 10.2 Å². The van der Waals surface area contributed by atoms with E-state index in [0.717, 1.165) is 12.8 Å². The van der Waals surface area contributed by atoms with Crippen molar-refractivity contribution in [1.29, 1.82) is 0 Å². The van der Waals surface area contributed by atoms with E-state index in [1.54, 1.807) is 31.3 Å². The Kier molecular flexibility index (Phi) is 5.15. The lowest BCUT2D eigenvalue weighted by Gasteiger charge is -2.31. The molecule has 1 aromatic rings. The highest BCUT2D eigenvalue weighted by molar-refractivity contribution is 6.30. The number of hydrogen-bond donors (Lipinski definition) is 1. The summed E-state index contributed by atoms with van der Waals surface area (Å²) in [6, 6.07) is 7.01. The summed E-state index contributed by atoms with van der Waals surface area (Å²) in [7, 11) is 1.76. The highest BCUT2D eigenvalue weighted by atomic mass is 35.5. The Morgan fingerprint density at radius 1 is 1.25 bits per heavy atom. The van der Waals surface area contributed by atoms with Gasteiger partial charge in [0.25, 0.3) is 0 Å². The van der Waals surface area contributed by atoms with Gasteiger partial charge in [-0.25, -0.2) is 0 Å². The van der Waals surface area contributed by atoms with Crippen LogP contribution in [0.15, 0.2) is 24.3 Å². The fourth-order valence-corrected chi connectivity index (χ4v) is 2.63. The van der Waals surface area contributed by atoms with E-state index in [1.807, 2.05) is 4.90 Å². The highest BCUT2D eigenvalue weighted by Crippen LogP contribution is 2.22. The van der Waals surface area contributed by atoms with Gasteiger partial charge in [0.05, 0.1) is 6.54 Å². The molecule has 1 aromatic carbocycles. The highest BCUT2D eigenvalue weighted by Gasteiger charge is 2.27. The normalized spacial score (nSPS) is 16.2. The van der Waals surface area contributed by atoms with Crippen molar-refractivity contribution in [2.75, 3.05) is 26.7 Å². The Balaban J connectivity index is 1.92. The third-order valence-electron chi connectivity index (χ3n) is 3.68. The van der Waals surface area contributed by atoms with Crippen LogP contribution in [0.4, 0.5) is 0 Å². The first-order valence-corrected chi connectivity index (χ1v) is 7.21. The molecule has 1 N–H and O–H groups in total. The molecular weight excluding hydrogens is 276 g/mol. The van der Waals surface area contributed by atoms with Crippen LogP contribution in [0.1, 0.15) is 23.2 Å². The average Bonchev–Trinajstić information content (AvgIpc) is 2.48. The summed E-state index contributed by atoms with van der Waals surface area (Å²) in [6.07, 6.45) is 1.47. The van der Waals surface area contributed by atoms with Crippen LogP contribution in [0.25, 0.3) is 0 Å². The van der Waals surface area contributed by atoms with Gasteiger partial charge < -0.3 is 10.2 Å². The van der Waals surface area contributed by atoms with Gasteiger partial charge in [0.15, 0.2) is 5.78 Å². The van der Waals surface area contributed by atoms with Crippen molar-refractivity contribution < 1.29 is 9.59 Å². The molecule has 1 saturated heterocycles. The Morgan fingerprint density at radius 2 is 1.85 bits per heavy atom. The van der Waals surface area contributed by atoms with Crippen LogP contribution >= 0.6 is 11.6 Å². The van der Waals surface area contributed by atoms with Gasteiger partial charge in [-0.1, -0.05) is 11.6 Å². The van der Waals surface area contributed by atoms with Gasteiger partial charge in [-0.05, 0) is 44.2 Å². The molecule has 0 bridgehead atoms. The molecule has 0 unspecified atom stereocenters. The molecular formula is C15H19ClN2O2. The quantitative estimate of drug-likeness (QED) is 0.864. The van der Waals surface area contributed by atoms with E-state index in [2.05, 4.69) is 5.32 Å². The number of Topliss-reactive ketones (excluding diaryl/α,β-unsaturated/α-hetero) is 1. The number of ketones is 1. The zero-order chi connectivity index (χ0) is 14.5. The molecule has 0 atom stereocenters. The van der Waals surface area contributed by atoms with E-state index < -0.39 is 0 Å². The van der Waals surface area contributed by atoms with Crippen LogP contribution in [0.5, 0.6) is 0 Å². The first kappa shape index (κ1) is 15.0. The molecule has 5 heteroatoms. The lowest BCUT2D eigenvalue weighted by Crippen LogP contribution is -2.43. The average molecular weight is 295 g/mol. The predicted molar refractivity (Wildman–Crippen MR) is 79.0 cm³/mol. The number of carbonyl (C=O) groups excluding carboxylic acids is 2. The van der Waals surface area contributed by atoms with E-state index in [-0.39, 0.29) is 17.6 Å². The van der Waals surface area contributed by atoms with E-state index in [0.29, 0.717) is 30.2 Å². The monoisotopic (exact) mass is 294 g/mol. The summed E-state index contributed by atoms with van der Waals surface area (Å²) in [5.41, 5.74) is 0.703. The summed E-state index contributed by atoms with van der Waals surface area (Å²) < 4.78 is 0. The van der Waals surface area contributed by atoms with Gasteiger partial charge >= 0.3 is 0 Å². The first-order valence-electron chi connectivity index (χ1n) is 6.84. The van der Waals surface area contributed by atoms with Gasteiger partial charge in [-0.15, -0.1) is 0 Å². The number of benzene rings is 1. The first-order chi connectivity index (χ1) is 9.61. The van der Waals surface area contributed by atoms with E-state index in [9.17, 15) is 9.59 Å². The number of carbonyl (C=O) groups is 2. The van der Waals surface area contributed by atoms with Crippen LogP contribution in [0.3, 0.4) is 0 Å². The van der Waals surface area contributed by atoms with Crippen LogP contribution in [0, 0.1) is 5.92 Å². The largest absolute Gasteiger partial charge is 0.342 e. The number of nitrogens with one attached hydrogen (secondary N) is 1. The topological polar surface area (TPSA) is 49.4 Å². The predicted octanol–water partition coefficient (Wildman–Crippen LogP) is 1.98. The number of amides is 1. The zero-order valence-corrected chi connectivity index (χ0v) is 12.3. The molecule has 0 aliphatic carbocycles. The molecule has 0 aromatic heterocycles. The van der Waals surface area contributed by atoms with Gasteiger partial charge in [0.2, 0.25) is 5.91 Å². The van der Waals surface area contributed by atoms with Crippen LogP contribution in [-0.4, -0.2) is 43.3 Å². The van der Waals surface area contributed by atoms with E-state index >= 15 is 0 Å². The fraction of sp³-hybridized carbons (Fsp3) is 0.467. The molecule has 1 aliphatic heterocycles. The third kappa shape index (κ3) is 3.58. The number of hydrogen-bond acceptors (Lipinski definition) is 3. The smallest absolute Gasteiger partial charge is 0.236 e. The molecule has 108 valence electrons. The van der Waals surface area contributed by atoms with Crippen molar-refractivity contribution >= 4 is 23.3 Å². The van der Waals surface area contributed by atoms with Crippen molar-refractivity contribution in [2.24, 2.45) is 5.92 Å². The second-order valence-electron chi connectivity index (χ2n) is 5.06. The molecule has 1 fully saturated rings. The molecule has 1 amide bonds. The van der Waals surface area contributed by atoms with Crippen LogP contribution in [0.2, 0.25) is 5.02 Å². The SMILES string of the molecule is CNCC(=O)N1CCC(C(=O)c2ccc(Cl)cc2)CC1. The number of rotatable bonds is 4. The maximum atomic E-state index is 12.4. The second kappa shape index (κ2) is 6.86. The Morgan fingerprint density at radius 3 is 2.40 bits per heavy atom. The second-order valence-corrected chi connectivity index (χ2v) is 5.49. The number of piperidine rings is 1. The summed E-state index contributed by atoms with van der Waals surface area (Å²) in [4.78, 5) is 25.9. The fourth-order valence-electron chi connectivity index (χ4n) is 2.50. The minimum absolute atomic E-state index is 0.00908. The molecule has 20 heavy (non-hydrogen) atoms. The van der Waals surface area contributed by atoms with Crippen molar-refractivity contribution in [2.45, 2.75) is 12.8 Å². The summed E-state index contributed by atoms with van der Waals surface area (Å²) in [5, 5.41) is 3.49. The summed E-state index contributed by atoms with van der Waals surface area (Å²) in [5.74, 6) is 0.266. The van der Waals surface area contributed by atoms with Gasteiger partial charge in [-0.3, -0.25) is 9.59 Å².